The molecule has 0 aliphatic rings. The van der Waals surface area contributed by atoms with E-state index >= 15 is 0 Å². The van der Waals surface area contributed by atoms with E-state index in [4.69, 9.17) is 14.0 Å². The Balaban J connectivity index is 1.68. The largest absolute Gasteiger partial charge is 0.491 e. The molecule has 3 amide bonds. The highest BCUT2D eigenvalue weighted by Crippen LogP contribution is 2.31. The van der Waals surface area contributed by atoms with Gasteiger partial charge in [-0.3, -0.25) is 19.2 Å². The molecule has 0 saturated heterocycles. The Labute approximate surface area is 268 Å². The van der Waals surface area contributed by atoms with Crippen molar-refractivity contribution < 1.29 is 42.3 Å². The highest BCUT2D eigenvalue weighted by Gasteiger charge is 2.32. The third-order valence-corrected chi connectivity index (χ3v) is 7.36. The molecule has 46 heavy (non-hydrogen) atoms. The number of unbranched alkanes of at least 4 members (excludes halogenated alkanes) is 2. The van der Waals surface area contributed by atoms with Crippen LogP contribution in [0.1, 0.15) is 79.4 Å². The molecular weight excluding hydrogens is 597 g/mol. The van der Waals surface area contributed by atoms with Crippen molar-refractivity contribution in [3.8, 4) is 17.1 Å². The zero-order valence-electron chi connectivity index (χ0n) is 26.7. The van der Waals surface area contributed by atoms with Crippen molar-refractivity contribution in [2.24, 2.45) is 5.92 Å². The van der Waals surface area contributed by atoms with Gasteiger partial charge in [0.1, 0.15) is 12.4 Å². The standard InChI is InChI=1S/C34H42FN3O8/c1-5-8-10-15-25(27(6-2)38(22-39)45-20-23-13-11-9-12-14-23)32(40)36-21-37-33(41)29-17-16-28(46-29)24-18-26(34(42)43-4)31(35)30(19-24)44-7-3/h9,11-14,16-19,22,25,27H,5-8,10,15,20-21H2,1-4H3,(H,36,40)(H,37,41). The van der Waals surface area contributed by atoms with Crippen LogP contribution in [0, 0.1) is 11.7 Å². The predicted molar refractivity (Wildman–Crippen MR) is 168 cm³/mol. The fourth-order valence-corrected chi connectivity index (χ4v) is 4.99. The molecule has 0 bridgehead atoms. The van der Waals surface area contributed by atoms with Gasteiger partial charge in [-0.15, -0.1) is 0 Å². The summed E-state index contributed by atoms with van der Waals surface area (Å²) in [5, 5.41) is 6.57. The van der Waals surface area contributed by atoms with Crippen molar-refractivity contribution in [3.05, 3.63) is 77.3 Å². The van der Waals surface area contributed by atoms with Gasteiger partial charge in [-0.25, -0.2) is 14.2 Å². The van der Waals surface area contributed by atoms with Crippen LogP contribution in [0.25, 0.3) is 11.3 Å². The highest BCUT2D eigenvalue weighted by molar-refractivity contribution is 5.93. The minimum absolute atomic E-state index is 0.0708. The van der Waals surface area contributed by atoms with Gasteiger partial charge >= 0.3 is 5.97 Å². The second-order valence-corrected chi connectivity index (χ2v) is 10.5. The number of carbonyl (C=O) groups excluding carboxylic acids is 4. The molecule has 0 spiro atoms. The van der Waals surface area contributed by atoms with Gasteiger partial charge in [0.25, 0.3) is 5.91 Å². The minimum atomic E-state index is -0.891. The number of amides is 3. The quantitative estimate of drug-likeness (QED) is 0.0566. The number of benzene rings is 2. The molecule has 3 rings (SSSR count). The molecule has 0 aliphatic heterocycles. The summed E-state index contributed by atoms with van der Waals surface area (Å²) in [7, 11) is 1.14. The molecule has 1 aromatic heterocycles. The average Bonchev–Trinajstić information content (AvgIpc) is 3.57. The molecule has 0 aliphatic carbocycles. The molecule has 12 heteroatoms. The number of ether oxygens (including phenoxy) is 2. The van der Waals surface area contributed by atoms with Crippen LogP contribution in [-0.2, 0) is 25.8 Å². The monoisotopic (exact) mass is 639 g/mol. The third-order valence-electron chi connectivity index (χ3n) is 7.36. The van der Waals surface area contributed by atoms with Crippen LogP contribution in [0.3, 0.4) is 0 Å². The van der Waals surface area contributed by atoms with Gasteiger partial charge in [0.15, 0.2) is 17.3 Å². The van der Waals surface area contributed by atoms with Crippen LogP contribution < -0.4 is 15.4 Å². The molecule has 0 saturated carbocycles. The molecule has 2 aromatic carbocycles. The van der Waals surface area contributed by atoms with Crippen LogP contribution in [0.2, 0.25) is 0 Å². The van der Waals surface area contributed by atoms with E-state index in [0.29, 0.717) is 24.8 Å². The summed E-state index contributed by atoms with van der Waals surface area (Å²) in [5.41, 5.74) is 0.844. The fraction of sp³-hybridized carbons (Fsp3) is 0.412. The number of nitrogens with one attached hydrogen (secondary N) is 2. The lowest BCUT2D eigenvalue weighted by atomic mass is 9.90. The maximum absolute atomic E-state index is 14.7. The lowest BCUT2D eigenvalue weighted by molar-refractivity contribution is -0.200. The maximum Gasteiger partial charge on any atom is 0.341 e. The number of esters is 1. The maximum atomic E-state index is 14.7. The molecule has 3 aromatic rings. The van der Waals surface area contributed by atoms with E-state index in [1.165, 1.54) is 29.3 Å². The van der Waals surface area contributed by atoms with E-state index in [1.54, 1.807) is 6.92 Å². The number of furan rings is 1. The van der Waals surface area contributed by atoms with Crippen LogP contribution in [0.5, 0.6) is 5.75 Å². The van der Waals surface area contributed by atoms with E-state index < -0.39 is 29.7 Å². The number of hydroxylamine groups is 2. The Kier molecular flexibility index (Phi) is 14.2. The molecule has 2 atom stereocenters. The van der Waals surface area contributed by atoms with Crippen LogP contribution >= 0.6 is 0 Å². The Hall–Kier alpha value is -4.71. The van der Waals surface area contributed by atoms with Crippen molar-refractivity contribution in [1.82, 2.24) is 15.7 Å². The van der Waals surface area contributed by atoms with Gasteiger partial charge in [0.05, 0.1) is 37.9 Å². The number of nitrogens with zero attached hydrogens (tertiary/aromatic N) is 1. The summed E-state index contributed by atoms with van der Waals surface area (Å²) >= 11 is 0. The number of hydrogen-bond donors (Lipinski definition) is 2. The number of hydrogen-bond acceptors (Lipinski definition) is 8. The van der Waals surface area contributed by atoms with E-state index in [2.05, 4.69) is 22.3 Å². The zero-order valence-corrected chi connectivity index (χ0v) is 26.7. The van der Waals surface area contributed by atoms with Gasteiger partial charge < -0.3 is 24.5 Å². The Bertz CT molecular complexity index is 1450. The lowest BCUT2D eigenvalue weighted by Gasteiger charge is -2.32. The Morgan fingerprint density at radius 3 is 2.43 bits per heavy atom. The SMILES string of the molecule is CCCCCC(C(=O)NCNC(=O)c1ccc(-c2cc(OCC)c(F)c(C(=O)OC)c2)o1)C(CC)N(C=O)OCc1ccccc1. The van der Waals surface area contributed by atoms with E-state index in [1.807, 2.05) is 37.3 Å². The fourth-order valence-electron chi connectivity index (χ4n) is 4.99. The molecule has 2 N–H and O–H groups in total. The molecule has 11 nitrogen and oxygen atoms in total. The molecule has 0 fully saturated rings. The lowest BCUT2D eigenvalue weighted by Crippen LogP contribution is -2.48. The van der Waals surface area contributed by atoms with Crippen molar-refractivity contribution in [1.29, 1.82) is 0 Å². The first-order valence-corrected chi connectivity index (χ1v) is 15.4. The van der Waals surface area contributed by atoms with E-state index in [-0.39, 0.29) is 48.6 Å². The average molecular weight is 640 g/mol. The van der Waals surface area contributed by atoms with E-state index in [9.17, 15) is 23.6 Å². The van der Waals surface area contributed by atoms with E-state index in [0.717, 1.165) is 31.9 Å². The molecule has 2 unspecified atom stereocenters. The van der Waals surface area contributed by atoms with Crippen LogP contribution in [0.15, 0.2) is 59.0 Å². The normalized spacial score (nSPS) is 12.1. The van der Waals surface area contributed by atoms with Crippen LogP contribution in [-0.4, -0.2) is 55.7 Å². The summed E-state index contributed by atoms with van der Waals surface area (Å²) in [6, 6.07) is 14.4. The first-order valence-electron chi connectivity index (χ1n) is 15.4. The van der Waals surface area contributed by atoms with Crippen molar-refractivity contribution in [2.45, 2.75) is 65.5 Å². The highest BCUT2D eigenvalue weighted by atomic mass is 19.1. The number of methoxy groups -OCH3 is 1. The third kappa shape index (κ3) is 9.64. The van der Waals surface area contributed by atoms with Gasteiger partial charge in [-0.05, 0) is 49.6 Å². The molecule has 1 heterocycles. The van der Waals surface area contributed by atoms with Crippen molar-refractivity contribution in [2.75, 3.05) is 20.4 Å². The smallest absolute Gasteiger partial charge is 0.341 e. The van der Waals surface area contributed by atoms with Gasteiger partial charge in [0.2, 0.25) is 12.3 Å². The second-order valence-electron chi connectivity index (χ2n) is 10.5. The topological polar surface area (TPSA) is 136 Å². The summed E-state index contributed by atoms with van der Waals surface area (Å²) in [4.78, 5) is 56.2. The summed E-state index contributed by atoms with van der Waals surface area (Å²) in [6.45, 7) is 5.76. The van der Waals surface area contributed by atoms with Gasteiger partial charge in [-0.2, -0.15) is 0 Å². The Morgan fingerprint density at radius 2 is 1.78 bits per heavy atom. The van der Waals surface area contributed by atoms with Crippen molar-refractivity contribution >= 4 is 24.2 Å². The Morgan fingerprint density at radius 1 is 1.02 bits per heavy atom. The molecule has 248 valence electrons. The van der Waals surface area contributed by atoms with Gasteiger partial charge in [-0.1, -0.05) is 63.4 Å². The predicted octanol–water partition coefficient (Wildman–Crippen LogP) is 5.64. The summed E-state index contributed by atoms with van der Waals surface area (Å²) in [5.74, 6) is -3.32. The van der Waals surface area contributed by atoms with Gasteiger partial charge in [0, 0.05) is 5.56 Å². The molecule has 0 radical (unpaired) electrons. The number of halogens is 1. The second kappa shape index (κ2) is 18.3. The number of rotatable bonds is 19. The first-order chi connectivity index (χ1) is 22.3. The minimum Gasteiger partial charge on any atom is -0.491 e. The zero-order chi connectivity index (χ0) is 33.5. The first kappa shape index (κ1) is 35.8. The molecular formula is C34H42FN3O8. The summed E-state index contributed by atoms with van der Waals surface area (Å²) < 4.78 is 30.4. The van der Waals surface area contributed by atoms with Crippen LogP contribution in [0.4, 0.5) is 4.39 Å². The van der Waals surface area contributed by atoms with Crippen molar-refractivity contribution in [3.63, 3.8) is 0 Å². The number of carbonyl (C=O) groups is 4. The summed E-state index contributed by atoms with van der Waals surface area (Å²) in [6.07, 6.45) is 4.27.